The fraction of sp³-hybridized carbons (Fsp3) is 0.105. The molecule has 4 aromatic rings. The highest BCUT2D eigenvalue weighted by molar-refractivity contribution is 7.15. The van der Waals surface area contributed by atoms with Gasteiger partial charge >= 0.3 is 0 Å². The minimum Gasteiger partial charge on any atom is -0.497 e. The lowest BCUT2D eigenvalue weighted by Crippen LogP contribution is -2.24. The van der Waals surface area contributed by atoms with Crippen molar-refractivity contribution in [3.05, 3.63) is 74.4 Å². The quantitative estimate of drug-likeness (QED) is 0.529. The number of thiazole rings is 1. The van der Waals surface area contributed by atoms with Crippen molar-refractivity contribution in [3.8, 4) is 17.0 Å². The largest absolute Gasteiger partial charge is 0.497 e. The topological polar surface area (TPSA) is 57.0 Å². The van der Waals surface area contributed by atoms with E-state index in [1.54, 1.807) is 17.9 Å². The molecule has 2 aromatic heterocycles. The predicted molar refractivity (Wildman–Crippen MR) is 104 cm³/mol. The molecule has 0 aliphatic rings. The summed E-state index contributed by atoms with van der Waals surface area (Å²) >= 11 is 7.30. The minimum atomic E-state index is -0.165. The smallest absolute Gasteiger partial charge is 0.277 e. The Bertz CT molecular complexity index is 1140. The van der Waals surface area contributed by atoms with Crippen LogP contribution in [-0.2, 0) is 6.54 Å². The molecule has 0 aliphatic heterocycles. The first kappa shape index (κ1) is 16.8. The molecule has 0 atom stereocenters. The summed E-state index contributed by atoms with van der Waals surface area (Å²) in [4.78, 5) is 22.8. The average Bonchev–Trinajstić information content (AvgIpc) is 3.09. The van der Waals surface area contributed by atoms with Crippen LogP contribution in [0, 0.1) is 0 Å². The van der Waals surface area contributed by atoms with Gasteiger partial charge in [-0.2, -0.15) is 0 Å². The third kappa shape index (κ3) is 3.09. The zero-order valence-corrected chi connectivity index (χ0v) is 15.4. The highest BCUT2D eigenvalue weighted by atomic mass is 35.5. The molecule has 26 heavy (non-hydrogen) atoms. The van der Waals surface area contributed by atoms with E-state index in [4.69, 9.17) is 16.3 Å². The number of methoxy groups -OCH3 is 1. The molecule has 0 saturated heterocycles. The first-order valence-electron chi connectivity index (χ1n) is 7.90. The Morgan fingerprint density at radius 2 is 2.00 bits per heavy atom. The van der Waals surface area contributed by atoms with E-state index in [-0.39, 0.29) is 5.56 Å². The van der Waals surface area contributed by atoms with Crippen LogP contribution in [0.15, 0.2) is 59.5 Å². The molecule has 2 heterocycles. The minimum absolute atomic E-state index is 0.165. The first-order chi connectivity index (χ1) is 12.7. The van der Waals surface area contributed by atoms with Crippen molar-refractivity contribution in [2.24, 2.45) is 0 Å². The Morgan fingerprint density at radius 3 is 2.69 bits per heavy atom. The SMILES string of the molecule is COc1ccc2nc(-c3ccccc3)c(=O)n(Cc3cnc(Cl)s3)c2c1. The Balaban J connectivity index is 1.98. The third-order valence-corrected chi connectivity index (χ3v) is 5.14. The molecule has 0 aliphatic carbocycles. The molecule has 0 radical (unpaired) electrons. The maximum absolute atomic E-state index is 13.2. The number of fused-ring (bicyclic) bond motifs is 1. The zero-order valence-electron chi connectivity index (χ0n) is 13.8. The third-order valence-electron chi connectivity index (χ3n) is 4.04. The van der Waals surface area contributed by atoms with E-state index in [0.29, 0.717) is 28.0 Å². The van der Waals surface area contributed by atoms with Gasteiger partial charge in [-0.1, -0.05) is 41.9 Å². The number of benzene rings is 2. The van der Waals surface area contributed by atoms with E-state index < -0.39 is 0 Å². The number of hydrogen-bond acceptors (Lipinski definition) is 5. The maximum Gasteiger partial charge on any atom is 0.277 e. The molecule has 0 saturated carbocycles. The van der Waals surface area contributed by atoms with Crippen LogP contribution >= 0.6 is 22.9 Å². The van der Waals surface area contributed by atoms with Crippen molar-refractivity contribution in [1.82, 2.24) is 14.5 Å². The average molecular weight is 384 g/mol. The fourth-order valence-corrected chi connectivity index (χ4v) is 3.77. The van der Waals surface area contributed by atoms with E-state index in [0.717, 1.165) is 16.0 Å². The van der Waals surface area contributed by atoms with Crippen LogP contribution in [0.1, 0.15) is 4.88 Å². The summed E-state index contributed by atoms with van der Waals surface area (Å²) in [6.07, 6.45) is 1.69. The monoisotopic (exact) mass is 383 g/mol. The highest BCUT2D eigenvalue weighted by Gasteiger charge is 2.14. The van der Waals surface area contributed by atoms with Gasteiger partial charge in [-0.3, -0.25) is 9.36 Å². The maximum atomic E-state index is 13.2. The van der Waals surface area contributed by atoms with Crippen LogP contribution in [0.2, 0.25) is 4.47 Å². The van der Waals surface area contributed by atoms with Crippen LogP contribution in [0.5, 0.6) is 5.75 Å². The molecule has 2 aromatic carbocycles. The lowest BCUT2D eigenvalue weighted by Gasteiger charge is -2.12. The van der Waals surface area contributed by atoms with Gasteiger partial charge in [0, 0.05) is 22.7 Å². The summed E-state index contributed by atoms with van der Waals surface area (Å²) in [7, 11) is 1.60. The molecule has 0 bridgehead atoms. The fourth-order valence-electron chi connectivity index (χ4n) is 2.80. The number of hydrogen-bond donors (Lipinski definition) is 0. The molecule has 0 fully saturated rings. The highest BCUT2D eigenvalue weighted by Crippen LogP contribution is 2.24. The van der Waals surface area contributed by atoms with Gasteiger partial charge in [0.2, 0.25) is 0 Å². The second kappa shape index (κ2) is 6.90. The van der Waals surface area contributed by atoms with E-state index in [2.05, 4.69) is 9.97 Å². The van der Waals surface area contributed by atoms with Gasteiger partial charge in [0.25, 0.3) is 5.56 Å². The van der Waals surface area contributed by atoms with Gasteiger partial charge in [-0.15, -0.1) is 11.3 Å². The lowest BCUT2D eigenvalue weighted by molar-refractivity contribution is 0.415. The van der Waals surface area contributed by atoms with Crippen molar-refractivity contribution in [3.63, 3.8) is 0 Å². The van der Waals surface area contributed by atoms with Gasteiger partial charge in [0.1, 0.15) is 11.4 Å². The van der Waals surface area contributed by atoms with E-state index in [1.807, 2.05) is 48.5 Å². The van der Waals surface area contributed by atoms with E-state index >= 15 is 0 Å². The zero-order chi connectivity index (χ0) is 18.1. The summed E-state index contributed by atoms with van der Waals surface area (Å²) in [5.74, 6) is 0.669. The van der Waals surface area contributed by atoms with Gasteiger partial charge in [-0.25, -0.2) is 9.97 Å². The predicted octanol–water partition coefficient (Wildman–Crippen LogP) is 4.23. The molecule has 0 amide bonds. The Hall–Kier alpha value is -2.70. The van der Waals surface area contributed by atoms with Crippen molar-refractivity contribution in [2.45, 2.75) is 6.54 Å². The van der Waals surface area contributed by atoms with Gasteiger partial charge in [0.05, 0.1) is 24.7 Å². The molecule has 0 spiro atoms. The van der Waals surface area contributed by atoms with Crippen LogP contribution in [0.3, 0.4) is 0 Å². The van der Waals surface area contributed by atoms with Crippen molar-refractivity contribution in [1.29, 1.82) is 0 Å². The van der Waals surface area contributed by atoms with Crippen molar-refractivity contribution in [2.75, 3.05) is 7.11 Å². The van der Waals surface area contributed by atoms with Gasteiger partial charge < -0.3 is 4.74 Å². The standard InChI is InChI=1S/C19H14ClN3O2S/c1-25-13-7-8-15-16(9-13)23(11-14-10-21-19(20)26-14)18(24)17(22-15)12-5-3-2-4-6-12/h2-10H,11H2,1H3. The van der Waals surface area contributed by atoms with Crippen LogP contribution in [0.25, 0.3) is 22.3 Å². The molecule has 5 nitrogen and oxygen atoms in total. The molecule has 130 valence electrons. The van der Waals surface area contributed by atoms with Crippen LogP contribution in [0.4, 0.5) is 0 Å². The first-order valence-corrected chi connectivity index (χ1v) is 9.09. The second-order valence-corrected chi connectivity index (χ2v) is 7.35. The van der Waals surface area contributed by atoms with Gasteiger partial charge in [-0.05, 0) is 12.1 Å². The Labute approximate surface area is 158 Å². The number of halogens is 1. The summed E-state index contributed by atoms with van der Waals surface area (Å²) < 4.78 is 7.46. The summed E-state index contributed by atoms with van der Waals surface area (Å²) in [6, 6.07) is 15.0. The Kier molecular flexibility index (Phi) is 4.44. The number of ether oxygens (including phenoxy) is 1. The molecule has 0 N–H and O–H groups in total. The Morgan fingerprint density at radius 1 is 1.19 bits per heavy atom. The lowest BCUT2D eigenvalue weighted by atomic mass is 10.1. The second-order valence-electron chi connectivity index (χ2n) is 5.65. The molecule has 7 heteroatoms. The molecular weight excluding hydrogens is 370 g/mol. The van der Waals surface area contributed by atoms with Crippen molar-refractivity contribution < 1.29 is 4.74 Å². The van der Waals surface area contributed by atoms with E-state index in [9.17, 15) is 4.79 Å². The summed E-state index contributed by atoms with van der Waals surface area (Å²) in [6.45, 7) is 0.370. The number of nitrogens with zero attached hydrogens (tertiary/aromatic N) is 3. The molecular formula is C19H14ClN3O2S. The van der Waals surface area contributed by atoms with Crippen LogP contribution in [-0.4, -0.2) is 21.6 Å². The van der Waals surface area contributed by atoms with Crippen LogP contribution < -0.4 is 10.3 Å². The number of aromatic nitrogens is 3. The summed E-state index contributed by atoms with van der Waals surface area (Å²) in [5, 5.41) is 0. The van der Waals surface area contributed by atoms with Crippen molar-refractivity contribution >= 4 is 34.0 Å². The van der Waals surface area contributed by atoms with E-state index in [1.165, 1.54) is 11.3 Å². The molecule has 0 unspecified atom stereocenters. The summed E-state index contributed by atoms with van der Waals surface area (Å²) in [5.41, 5.74) is 2.46. The molecule has 4 rings (SSSR count). The normalized spacial score (nSPS) is 11.0. The van der Waals surface area contributed by atoms with Gasteiger partial charge in [0.15, 0.2) is 4.47 Å². The number of rotatable bonds is 4.